The van der Waals surface area contributed by atoms with Crippen LogP contribution >= 0.6 is 0 Å². The molecule has 1 aromatic rings. The lowest BCUT2D eigenvalue weighted by molar-refractivity contribution is -0.148. The fourth-order valence-corrected chi connectivity index (χ4v) is 2.57. The normalized spacial score (nSPS) is 21.9. The molecule has 2 atom stereocenters. The number of phenols is 1. The Labute approximate surface area is 122 Å². The minimum Gasteiger partial charge on any atom is -0.504 e. The number of hydrogen-bond acceptors (Lipinski definition) is 4. The van der Waals surface area contributed by atoms with Crippen molar-refractivity contribution >= 4 is 11.9 Å². The topological polar surface area (TPSA) is 87.1 Å². The van der Waals surface area contributed by atoms with Gasteiger partial charge in [-0.2, -0.15) is 0 Å². The fourth-order valence-electron chi connectivity index (χ4n) is 2.57. The van der Waals surface area contributed by atoms with Crippen LogP contribution in [0.4, 0.5) is 0 Å². The molecule has 21 heavy (non-hydrogen) atoms. The van der Waals surface area contributed by atoms with Gasteiger partial charge in [0.15, 0.2) is 18.1 Å². The first-order valence-corrected chi connectivity index (χ1v) is 6.92. The second-order valence-electron chi connectivity index (χ2n) is 5.25. The number of ether oxygens (including phenoxy) is 1. The zero-order valence-electron chi connectivity index (χ0n) is 11.9. The van der Waals surface area contributed by atoms with Crippen LogP contribution in [0.15, 0.2) is 24.3 Å². The van der Waals surface area contributed by atoms with E-state index >= 15 is 0 Å². The number of para-hydroxylation sites is 2. The van der Waals surface area contributed by atoms with Gasteiger partial charge >= 0.3 is 5.97 Å². The Morgan fingerprint density at radius 2 is 2.10 bits per heavy atom. The number of carbonyl (C=O) groups excluding carboxylic acids is 1. The number of rotatable bonds is 4. The average molecular weight is 293 g/mol. The van der Waals surface area contributed by atoms with E-state index in [1.807, 2.05) is 6.92 Å². The summed E-state index contributed by atoms with van der Waals surface area (Å²) in [7, 11) is 0. The van der Waals surface area contributed by atoms with E-state index in [1.165, 1.54) is 6.07 Å². The summed E-state index contributed by atoms with van der Waals surface area (Å²) in [6.45, 7) is 2.09. The molecule has 1 amide bonds. The first-order valence-electron chi connectivity index (χ1n) is 6.92. The number of nitrogens with zero attached hydrogens (tertiary/aromatic N) is 1. The second-order valence-corrected chi connectivity index (χ2v) is 5.25. The molecule has 1 aliphatic heterocycles. The molecule has 0 aliphatic carbocycles. The van der Waals surface area contributed by atoms with E-state index in [1.54, 1.807) is 23.1 Å². The maximum absolute atomic E-state index is 12.1. The van der Waals surface area contributed by atoms with Gasteiger partial charge < -0.3 is 19.8 Å². The molecule has 0 saturated carbocycles. The fraction of sp³-hybridized carbons (Fsp3) is 0.467. The van der Waals surface area contributed by atoms with Crippen molar-refractivity contribution in [3.63, 3.8) is 0 Å². The van der Waals surface area contributed by atoms with Gasteiger partial charge in [0.2, 0.25) is 0 Å². The molecule has 6 heteroatoms. The van der Waals surface area contributed by atoms with Crippen molar-refractivity contribution in [1.29, 1.82) is 0 Å². The minimum absolute atomic E-state index is 0.0112. The highest BCUT2D eigenvalue weighted by atomic mass is 16.5. The molecule has 6 nitrogen and oxygen atoms in total. The van der Waals surface area contributed by atoms with E-state index in [-0.39, 0.29) is 36.0 Å². The Morgan fingerprint density at radius 1 is 1.38 bits per heavy atom. The third-order valence-electron chi connectivity index (χ3n) is 3.76. The Bertz CT molecular complexity index is 531. The van der Waals surface area contributed by atoms with Crippen molar-refractivity contribution in [3.8, 4) is 11.5 Å². The van der Waals surface area contributed by atoms with Crippen LogP contribution in [0.5, 0.6) is 11.5 Å². The van der Waals surface area contributed by atoms with Crippen molar-refractivity contribution in [2.45, 2.75) is 25.8 Å². The lowest BCUT2D eigenvalue weighted by atomic mass is 9.92. The van der Waals surface area contributed by atoms with Crippen molar-refractivity contribution in [2.75, 3.05) is 13.2 Å². The van der Waals surface area contributed by atoms with Gasteiger partial charge in [0, 0.05) is 12.6 Å². The molecule has 1 aliphatic rings. The maximum atomic E-state index is 12.1. The highest BCUT2D eigenvalue weighted by Gasteiger charge is 2.32. The van der Waals surface area contributed by atoms with Gasteiger partial charge in [-0.05, 0) is 31.9 Å². The molecule has 0 radical (unpaired) electrons. The second kappa shape index (κ2) is 6.47. The summed E-state index contributed by atoms with van der Waals surface area (Å²) in [6, 6.07) is 6.33. The molecule has 2 unspecified atom stereocenters. The zero-order valence-corrected chi connectivity index (χ0v) is 11.9. The van der Waals surface area contributed by atoms with Crippen LogP contribution in [0.1, 0.15) is 19.8 Å². The maximum Gasteiger partial charge on any atom is 0.306 e. The van der Waals surface area contributed by atoms with Crippen LogP contribution in [0.3, 0.4) is 0 Å². The summed E-state index contributed by atoms with van der Waals surface area (Å²) in [5.74, 6) is -1.14. The van der Waals surface area contributed by atoms with Crippen molar-refractivity contribution < 1.29 is 24.5 Å². The van der Waals surface area contributed by atoms with Crippen LogP contribution in [-0.4, -0.2) is 46.2 Å². The first-order chi connectivity index (χ1) is 9.99. The number of benzene rings is 1. The number of carboxylic acid groups (broad SMARTS) is 1. The molecule has 2 N–H and O–H groups in total. The Morgan fingerprint density at radius 3 is 2.71 bits per heavy atom. The van der Waals surface area contributed by atoms with Crippen LogP contribution in [0.2, 0.25) is 0 Å². The Kier molecular flexibility index (Phi) is 4.67. The lowest BCUT2D eigenvalue weighted by Gasteiger charge is -2.36. The van der Waals surface area contributed by atoms with E-state index < -0.39 is 5.97 Å². The summed E-state index contributed by atoms with van der Waals surface area (Å²) in [6.07, 6.45) is 0.916. The molecule has 114 valence electrons. The summed E-state index contributed by atoms with van der Waals surface area (Å²) >= 11 is 0. The standard InChI is InChI=1S/C15H19NO5/c1-10-8-11(15(19)20)6-7-16(10)14(18)9-21-13-5-3-2-4-12(13)17/h2-5,10-11,17H,6-9H2,1H3,(H,19,20). The van der Waals surface area contributed by atoms with E-state index in [2.05, 4.69) is 0 Å². The number of phenolic OH excluding ortho intramolecular Hbond substituents is 1. The lowest BCUT2D eigenvalue weighted by Crippen LogP contribution is -2.47. The summed E-state index contributed by atoms with van der Waals surface area (Å²) in [4.78, 5) is 24.7. The van der Waals surface area contributed by atoms with Crippen LogP contribution in [-0.2, 0) is 9.59 Å². The summed E-state index contributed by atoms with van der Waals surface area (Å²) in [5.41, 5.74) is 0. The summed E-state index contributed by atoms with van der Waals surface area (Å²) in [5, 5.41) is 18.6. The predicted octanol–water partition coefficient (Wildman–Crippen LogP) is 1.48. The van der Waals surface area contributed by atoms with E-state index in [9.17, 15) is 14.7 Å². The number of hydrogen-bond donors (Lipinski definition) is 2. The molecule has 0 aromatic heterocycles. The monoisotopic (exact) mass is 293 g/mol. The minimum atomic E-state index is -0.806. The van der Waals surface area contributed by atoms with Gasteiger partial charge in [0.1, 0.15) is 0 Å². The zero-order chi connectivity index (χ0) is 15.4. The molecule has 1 saturated heterocycles. The van der Waals surface area contributed by atoms with Crippen molar-refractivity contribution in [2.24, 2.45) is 5.92 Å². The molecule has 0 bridgehead atoms. The largest absolute Gasteiger partial charge is 0.504 e. The van der Waals surface area contributed by atoms with Gasteiger partial charge in [-0.25, -0.2) is 0 Å². The predicted molar refractivity (Wildman–Crippen MR) is 75.1 cm³/mol. The number of carbonyl (C=O) groups is 2. The first kappa shape index (κ1) is 15.2. The van der Waals surface area contributed by atoms with Crippen LogP contribution < -0.4 is 4.74 Å². The Balaban J connectivity index is 1.89. The average Bonchev–Trinajstić information content (AvgIpc) is 2.46. The molecular formula is C15H19NO5. The third kappa shape index (κ3) is 3.65. The number of amides is 1. The van der Waals surface area contributed by atoms with E-state index in [4.69, 9.17) is 9.84 Å². The van der Waals surface area contributed by atoms with Gasteiger partial charge in [-0.3, -0.25) is 9.59 Å². The van der Waals surface area contributed by atoms with Gasteiger partial charge in [0.05, 0.1) is 5.92 Å². The van der Waals surface area contributed by atoms with Gasteiger partial charge in [-0.15, -0.1) is 0 Å². The van der Waals surface area contributed by atoms with Gasteiger partial charge in [-0.1, -0.05) is 12.1 Å². The summed E-state index contributed by atoms with van der Waals surface area (Å²) < 4.78 is 5.32. The van der Waals surface area contributed by atoms with Gasteiger partial charge in [0.25, 0.3) is 5.91 Å². The SMILES string of the molecule is CC1CC(C(=O)O)CCN1C(=O)COc1ccccc1O. The molecule has 0 spiro atoms. The van der Waals surface area contributed by atoms with Crippen molar-refractivity contribution in [3.05, 3.63) is 24.3 Å². The molecular weight excluding hydrogens is 274 g/mol. The highest BCUT2D eigenvalue weighted by molar-refractivity contribution is 5.79. The van der Waals surface area contributed by atoms with Crippen LogP contribution in [0, 0.1) is 5.92 Å². The Hall–Kier alpha value is -2.24. The van der Waals surface area contributed by atoms with Crippen LogP contribution in [0.25, 0.3) is 0 Å². The molecule has 1 aromatic carbocycles. The highest BCUT2D eigenvalue weighted by Crippen LogP contribution is 2.26. The quantitative estimate of drug-likeness (QED) is 0.878. The number of likely N-dealkylation sites (tertiary alicyclic amines) is 1. The van der Waals surface area contributed by atoms with E-state index in [0.717, 1.165) is 0 Å². The smallest absolute Gasteiger partial charge is 0.306 e. The number of aromatic hydroxyl groups is 1. The molecule has 1 heterocycles. The number of piperidine rings is 1. The molecule has 1 fully saturated rings. The molecule has 2 rings (SSSR count). The number of carboxylic acids is 1. The van der Waals surface area contributed by atoms with E-state index in [0.29, 0.717) is 19.4 Å². The van der Waals surface area contributed by atoms with Crippen molar-refractivity contribution in [1.82, 2.24) is 4.90 Å². The third-order valence-corrected chi connectivity index (χ3v) is 3.76. The number of aliphatic carboxylic acids is 1.